The number of aromatic hydroxyl groups is 1. The Morgan fingerprint density at radius 2 is 1.67 bits per heavy atom. The lowest BCUT2D eigenvalue weighted by Crippen LogP contribution is -2.12. The van der Waals surface area contributed by atoms with Crippen molar-refractivity contribution in [1.29, 1.82) is 0 Å². The maximum atomic E-state index is 12.5. The maximum absolute atomic E-state index is 12.5. The average Bonchev–Trinajstić information content (AvgIpc) is 2.78. The van der Waals surface area contributed by atoms with E-state index in [0.29, 0.717) is 22.6 Å². The normalized spacial score (nSPS) is 11.7. The van der Waals surface area contributed by atoms with Gasteiger partial charge in [-0.25, -0.2) is 0 Å². The van der Waals surface area contributed by atoms with Crippen LogP contribution < -0.4 is 11.1 Å². The minimum Gasteiger partial charge on any atom is -0.505 e. The second kappa shape index (κ2) is 8.69. The highest BCUT2D eigenvalue weighted by molar-refractivity contribution is 7.86. The fraction of sp³-hybridized carbons (Fsp3) is 0. The molecule has 33 heavy (non-hydrogen) atoms. The summed E-state index contributed by atoms with van der Waals surface area (Å²) in [6.45, 7) is 0. The third-order valence-electron chi connectivity index (χ3n) is 4.76. The topological polar surface area (TPSA) is 154 Å². The van der Waals surface area contributed by atoms with Crippen LogP contribution in [-0.4, -0.2) is 24.0 Å². The van der Waals surface area contributed by atoms with Crippen molar-refractivity contribution in [3.8, 4) is 5.75 Å². The molecule has 0 bridgehead atoms. The van der Waals surface area contributed by atoms with Crippen LogP contribution in [0.15, 0.2) is 94.0 Å². The number of carbonyl (C=O) groups is 1. The summed E-state index contributed by atoms with van der Waals surface area (Å²) < 4.78 is 33.7. The molecule has 0 radical (unpaired) electrons. The minimum atomic E-state index is -4.75. The Hall–Kier alpha value is -4.28. The minimum absolute atomic E-state index is 0.254. The first-order valence-corrected chi connectivity index (χ1v) is 11.1. The van der Waals surface area contributed by atoms with Crippen LogP contribution in [0.4, 0.5) is 22.7 Å². The summed E-state index contributed by atoms with van der Waals surface area (Å²) in [4.78, 5) is 11.9. The van der Waals surface area contributed by atoms with Gasteiger partial charge in [-0.3, -0.25) is 9.35 Å². The molecule has 166 valence electrons. The molecule has 0 aliphatic heterocycles. The second-order valence-corrected chi connectivity index (χ2v) is 8.49. The van der Waals surface area contributed by atoms with Crippen LogP contribution in [-0.2, 0) is 10.1 Å². The lowest BCUT2D eigenvalue weighted by atomic mass is 10.1. The van der Waals surface area contributed by atoms with Gasteiger partial charge in [-0.05, 0) is 60.0 Å². The summed E-state index contributed by atoms with van der Waals surface area (Å²) in [5, 5.41) is 21.7. The van der Waals surface area contributed by atoms with E-state index in [1.165, 1.54) is 24.3 Å². The zero-order valence-corrected chi connectivity index (χ0v) is 17.8. The van der Waals surface area contributed by atoms with Gasteiger partial charge in [0.15, 0.2) is 5.75 Å². The van der Waals surface area contributed by atoms with Crippen LogP contribution >= 0.6 is 0 Å². The Balaban J connectivity index is 1.76. The Morgan fingerprint density at radius 1 is 0.909 bits per heavy atom. The number of amides is 1. The van der Waals surface area contributed by atoms with E-state index in [0.717, 1.165) is 6.07 Å². The van der Waals surface area contributed by atoms with Crippen LogP contribution in [0, 0.1) is 0 Å². The number of anilines is 2. The van der Waals surface area contributed by atoms with Crippen molar-refractivity contribution in [2.24, 2.45) is 10.2 Å². The van der Waals surface area contributed by atoms with Crippen LogP contribution in [0.25, 0.3) is 10.8 Å². The highest BCUT2D eigenvalue weighted by atomic mass is 32.2. The van der Waals surface area contributed by atoms with Crippen LogP contribution in [0.1, 0.15) is 10.4 Å². The van der Waals surface area contributed by atoms with Crippen LogP contribution in [0.5, 0.6) is 5.75 Å². The Labute approximate surface area is 189 Å². The lowest BCUT2D eigenvalue weighted by Gasteiger charge is -2.11. The standard InChI is InChI=1S/C23H18N4O5S/c24-16-6-4-5-14(11-16)23(29)25-18-9-10-19-15(12-18)13-20(33(30,31)32)21(22(19)28)27-26-17-7-2-1-3-8-17/h1-13,28H,24H2,(H,25,29)(H,30,31,32). The summed E-state index contributed by atoms with van der Waals surface area (Å²) in [5.74, 6) is -0.900. The largest absolute Gasteiger partial charge is 0.505 e. The van der Waals surface area contributed by atoms with Gasteiger partial charge in [0.2, 0.25) is 0 Å². The number of rotatable bonds is 5. The quantitative estimate of drug-likeness (QED) is 0.185. The van der Waals surface area contributed by atoms with Gasteiger partial charge < -0.3 is 16.2 Å². The molecular weight excluding hydrogens is 444 g/mol. The molecule has 4 aromatic carbocycles. The molecule has 0 fully saturated rings. The summed E-state index contributed by atoms with van der Waals surface area (Å²) in [5.41, 5.74) is 6.85. The first kappa shape index (κ1) is 21.9. The van der Waals surface area contributed by atoms with E-state index < -0.39 is 32.4 Å². The number of nitrogens with zero attached hydrogens (tertiary/aromatic N) is 2. The summed E-state index contributed by atoms with van der Waals surface area (Å²) in [7, 11) is -4.75. The number of nitrogens with two attached hydrogens (primary N) is 1. The van der Waals surface area contributed by atoms with Crippen molar-refractivity contribution < 1.29 is 22.9 Å². The molecule has 9 nitrogen and oxygen atoms in total. The first-order chi connectivity index (χ1) is 15.7. The number of nitrogens with one attached hydrogen (secondary N) is 1. The molecule has 4 aromatic rings. The smallest absolute Gasteiger partial charge is 0.296 e. The van der Waals surface area contributed by atoms with E-state index in [9.17, 15) is 22.9 Å². The molecule has 0 heterocycles. The highest BCUT2D eigenvalue weighted by Gasteiger charge is 2.22. The van der Waals surface area contributed by atoms with Gasteiger partial charge in [-0.2, -0.15) is 13.5 Å². The number of phenols is 1. The van der Waals surface area contributed by atoms with Gasteiger partial charge in [0, 0.05) is 22.3 Å². The zero-order valence-electron chi connectivity index (χ0n) is 17.0. The van der Waals surface area contributed by atoms with E-state index in [1.807, 2.05) is 0 Å². The van der Waals surface area contributed by atoms with Crippen molar-refractivity contribution in [2.75, 3.05) is 11.1 Å². The highest BCUT2D eigenvalue weighted by Crippen LogP contribution is 2.42. The summed E-state index contributed by atoms with van der Waals surface area (Å²) in [6, 6.07) is 20.6. The van der Waals surface area contributed by atoms with E-state index in [1.54, 1.807) is 48.5 Å². The van der Waals surface area contributed by atoms with E-state index in [2.05, 4.69) is 15.5 Å². The van der Waals surface area contributed by atoms with Crippen LogP contribution in [0.2, 0.25) is 0 Å². The van der Waals surface area contributed by atoms with Gasteiger partial charge in [-0.15, -0.1) is 5.11 Å². The molecule has 4 rings (SSSR count). The number of carbonyl (C=O) groups excluding carboxylic acids is 1. The summed E-state index contributed by atoms with van der Waals surface area (Å²) in [6.07, 6.45) is 0. The fourth-order valence-electron chi connectivity index (χ4n) is 3.21. The molecule has 1 amide bonds. The predicted molar refractivity (Wildman–Crippen MR) is 125 cm³/mol. The predicted octanol–water partition coefficient (Wildman–Crippen LogP) is 5.04. The van der Waals surface area contributed by atoms with Gasteiger partial charge in [-0.1, -0.05) is 24.3 Å². The average molecular weight is 462 g/mol. The number of hydrogen-bond donors (Lipinski definition) is 4. The molecule has 0 saturated heterocycles. The van der Waals surface area contributed by atoms with Crippen molar-refractivity contribution in [3.63, 3.8) is 0 Å². The second-order valence-electron chi connectivity index (χ2n) is 7.10. The maximum Gasteiger partial charge on any atom is 0.296 e. The van der Waals surface area contributed by atoms with E-state index >= 15 is 0 Å². The third kappa shape index (κ3) is 4.81. The summed E-state index contributed by atoms with van der Waals surface area (Å²) >= 11 is 0. The van der Waals surface area contributed by atoms with Gasteiger partial charge in [0.05, 0.1) is 5.69 Å². The number of phenolic OH excluding ortho intramolecular Hbond substituents is 1. The van der Waals surface area contributed by atoms with Crippen molar-refractivity contribution in [2.45, 2.75) is 4.90 Å². The van der Waals surface area contributed by atoms with E-state index in [4.69, 9.17) is 5.73 Å². The molecule has 0 unspecified atom stereocenters. The SMILES string of the molecule is Nc1cccc(C(=O)Nc2ccc3c(O)c(N=Nc4ccccc4)c(S(=O)(=O)O)cc3c2)c1. The number of hydrogen-bond acceptors (Lipinski definition) is 7. The molecule has 5 N–H and O–H groups in total. The van der Waals surface area contributed by atoms with Gasteiger partial charge >= 0.3 is 0 Å². The van der Waals surface area contributed by atoms with Crippen LogP contribution in [0.3, 0.4) is 0 Å². The van der Waals surface area contributed by atoms with Gasteiger partial charge in [0.1, 0.15) is 10.6 Å². The Bertz CT molecular complexity index is 1500. The molecule has 0 aromatic heterocycles. The van der Waals surface area contributed by atoms with E-state index in [-0.39, 0.29) is 10.8 Å². The monoisotopic (exact) mass is 462 g/mol. The number of azo groups is 1. The lowest BCUT2D eigenvalue weighted by molar-refractivity contribution is 0.102. The number of nitrogen functional groups attached to an aromatic ring is 1. The van der Waals surface area contributed by atoms with Crippen molar-refractivity contribution in [1.82, 2.24) is 0 Å². The molecule has 0 saturated carbocycles. The molecule has 10 heteroatoms. The Morgan fingerprint density at radius 3 is 2.36 bits per heavy atom. The molecule has 0 aliphatic rings. The zero-order chi connectivity index (χ0) is 23.6. The third-order valence-corrected chi connectivity index (χ3v) is 5.62. The van der Waals surface area contributed by atoms with Gasteiger partial charge in [0.25, 0.3) is 16.0 Å². The Kier molecular flexibility index (Phi) is 5.78. The first-order valence-electron chi connectivity index (χ1n) is 9.63. The number of benzene rings is 4. The molecule has 0 atom stereocenters. The molecule has 0 spiro atoms. The fourth-order valence-corrected chi connectivity index (χ4v) is 3.87. The number of fused-ring (bicyclic) bond motifs is 1. The van der Waals surface area contributed by atoms with Crippen molar-refractivity contribution >= 4 is 49.5 Å². The molecule has 0 aliphatic carbocycles. The van der Waals surface area contributed by atoms with Crippen molar-refractivity contribution in [3.05, 3.63) is 84.4 Å². The molecular formula is C23H18N4O5S.